The minimum Gasteiger partial charge on any atom is -0.463 e. The normalized spacial score (nSPS) is 15.0. The molecule has 0 aromatic rings. The molecule has 0 aliphatic rings. The van der Waals surface area contributed by atoms with Gasteiger partial charge in [0.05, 0.1) is 26.4 Å². The first-order valence-corrected chi connectivity index (χ1v) is 41.1. The van der Waals surface area contributed by atoms with E-state index in [0.717, 1.165) is 135 Å². The molecule has 0 radical (unpaired) electrons. The fourth-order valence-electron chi connectivity index (χ4n) is 9.36. The van der Waals surface area contributed by atoms with Gasteiger partial charge in [0.1, 0.15) is 25.4 Å². The third-order valence-electron chi connectivity index (χ3n) is 15.1. The molecule has 0 saturated heterocycles. The number of carbonyl (C=O) groups is 3. The molecule has 0 fully saturated rings. The van der Waals surface area contributed by atoms with Crippen LogP contribution in [-0.4, -0.2) is 95.9 Å². The Balaban J connectivity index is 4.70. The van der Waals surface area contributed by atoms with Crippen LogP contribution in [-0.2, 0) is 55.8 Å². The highest BCUT2D eigenvalue weighted by atomic mass is 31.2. The maximum atomic E-state index is 12.9. The second-order valence-corrected chi connectivity index (χ2v) is 27.6. The van der Waals surface area contributed by atoms with E-state index in [4.69, 9.17) is 32.3 Å². The van der Waals surface area contributed by atoms with Crippen molar-refractivity contribution in [2.75, 3.05) is 39.6 Å². The number of allylic oxidation sites excluding steroid dienone is 30. The largest absolute Gasteiger partial charge is 0.472 e. The molecule has 5 atom stereocenters. The highest BCUT2D eigenvalue weighted by molar-refractivity contribution is 7.47. The molecular formula is C83H134O16P2. The van der Waals surface area contributed by atoms with E-state index in [0.29, 0.717) is 25.7 Å². The molecular weight excluding hydrogens is 1310 g/mol. The number of phosphoric ester groups is 2. The maximum absolute atomic E-state index is 12.9. The van der Waals surface area contributed by atoms with Gasteiger partial charge in [0, 0.05) is 19.3 Å². The zero-order valence-electron chi connectivity index (χ0n) is 62.2. The fourth-order valence-corrected chi connectivity index (χ4v) is 10.9. The van der Waals surface area contributed by atoms with E-state index in [-0.39, 0.29) is 19.3 Å². The van der Waals surface area contributed by atoms with Crippen LogP contribution in [0.5, 0.6) is 0 Å². The van der Waals surface area contributed by atoms with Gasteiger partial charge in [0.2, 0.25) is 0 Å². The van der Waals surface area contributed by atoms with Crippen molar-refractivity contribution in [1.82, 2.24) is 0 Å². The first-order valence-electron chi connectivity index (χ1n) is 38.1. The van der Waals surface area contributed by atoms with Gasteiger partial charge in [-0.25, -0.2) is 9.13 Å². The molecule has 5 unspecified atom stereocenters. The standard InChI is InChI=1S/C83H134O16P2/c1-4-7-10-13-16-19-22-25-28-31-33-35-36-37-38-39-40-42-44-46-48-51-54-57-60-63-66-69-81(86)93-72-78(84)73-95-100(89,90)96-74-79(85)75-97-101(91,92)98-77-80(99-83(88)71-68-65-62-59-56-53-50-45-30-27-24-21-18-15-12-9-6-3)76-94-82(87)70-67-64-61-58-55-52-49-47-43-41-34-32-29-26-23-20-17-14-11-8-5-2/h8-9,11-12,16-21,25-30,33-35,37-38,41,47,49-50,53,55,58-59,62,78-80,84-85H,4-7,10,13-15,22-24,31-32,36,39-40,42-46,48,51-52,54,56-57,60-61,63-77H2,1-3H3,(H,89,90)(H,91,92)/b11-8-,12-9-,19-16-,20-17-,21-18-,28-25-,29-26-,30-27-,35-33-,38-37-,41-34-,49-47-,53-50-,58-55-,62-59-. The van der Waals surface area contributed by atoms with E-state index >= 15 is 0 Å². The SMILES string of the molecule is CC/C=C\C/C=C\C/C=C\C/C=C\C/C=C\C/C=C\CCCCC(=O)OCC(COP(=O)(O)OCC(O)COP(=O)(O)OCC(O)COC(=O)CCCCCCCCCCCCC/C=C\C/C=C\C/C=C\C/C=C\CCCCC)OC(=O)CCC/C=C\C/C=C\C/C=C\C/C=C\C/C=C\CC. The minimum absolute atomic E-state index is 0.00853. The lowest BCUT2D eigenvalue weighted by Crippen LogP contribution is -2.30. The Kier molecular flexibility index (Phi) is 70.4. The van der Waals surface area contributed by atoms with Crippen LogP contribution < -0.4 is 0 Å². The summed E-state index contributed by atoms with van der Waals surface area (Å²) in [4.78, 5) is 58.6. The number of aliphatic hydroxyl groups excluding tert-OH is 2. The summed E-state index contributed by atoms with van der Waals surface area (Å²) in [6.07, 6.45) is 95.2. The summed E-state index contributed by atoms with van der Waals surface area (Å²) < 4.78 is 61.0. The number of unbranched alkanes of at least 4 members (excludes halogenated alkanes) is 17. The Bertz CT molecular complexity index is 2570. The monoisotopic (exact) mass is 1450 g/mol. The topological polar surface area (TPSA) is 231 Å². The van der Waals surface area contributed by atoms with Crippen molar-refractivity contribution in [3.63, 3.8) is 0 Å². The zero-order chi connectivity index (χ0) is 73.7. The summed E-state index contributed by atoms with van der Waals surface area (Å²) in [5.74, 6) is -1.71. The Hall–Kier alpha value is -5.35. The van der Waals surface area contributed by atoms with Gasteiger partial charge < -0.3 is 34.2 Å². The number of aliphatic hydroxyl groups is 2. The van der Waals surface area contributed by atoms with Crippen LogP contribution in [0, 0.1) is 0 Å². The van der Waals surface area contributed by atoms with Crippen molar-refractivity contribution >= 4 is 33.6 Å². The maximum Gasteiger partial charge on any atom is 0.472 e. The van der Waals surface area contributed by atoms with Gasteiger partial charge in [0.25, 0.3) is 0 Å². The molecule has 0 spiro atoms. The van der Waals surface area contributed by atoms with Gasteiger partial charge in [0.15, 0.2) is 6.10 Å². The van der Waals surface area contributed by atoms with Crippen LogP contribution >= 0.6 is 15.6 Å². The first-order chi connectivity index (χ1) is 49.2. The smallest absolute Gasteiger partial charge is 0.463 e. The molecule has 0 saturated carbocycles. The molecule has 0 aromatic carbocycles. The molecule has 0 aromatic heterocycles. The number of carbonyl (C=O) groups excluding carboxylic acids is 3. The molecule has 101 heavy (non-hydrogen) atoms. The van der Waals surface area contributed by atoms with E-state index < -0.39 is 91.5 Å². The summed E-state index contributed by atoms with van der Waals surface area (Å²) in [5.41, 5.74) is 0. The molecule has 0 aliphatic carbocycles. The summed E-state index contributed by atoms with van der Waals surface area (Å²) in [7, 11) is -9.84. The Morgan fingerprint density at radius 3 is 0.881 bits per heavy atom. The average molecular weight is 1450 g/mol. The van der Waals surface area contributed by atoms with Crippen molar-refractivity contribution in [3.05, 3.63) is 182 Å². The number of ether oxygens (including phenoxy) is 3. The molecule has 16 nitrogen and oxygen atoms in total. The summed E-state index contributed by atoms with van der Waals surface area (Å²) in [6.45, 7) is 2.27. The van der Waals surface area contributed by atoms with Gasteiger partial charge in [-0.05, 0) is 154 Å². The van der Waals surface area contributed by atoms with Crippen LogP contribution in [0.1, 0.15) is 265 Å². The molecule has 0 bridgehead atoms. The number of phosphoric acid groups is 2. The Morgan fingerprint density at radius 1 is 0.287 bits per heavy atom. The van der Waals surface area contributed by atoms with Gasteiger partial charge in [-0.3, -0.25) is 32.5 Å². The zero-order valence-corrected chi connectivity index (χ0v) is 64.0. The minimum atomic E-state index is -4.96. The highest BCUT2D eigenvalue weighted by Gasteiger charge is 2.29. The van der Waals surface area contributed by atoms with Crippen LogP contribution in [0.2, 0.25) is 0 Å². The van der Waals surface area contributed by atoms with Crippen molar-refractivity contribution in [1.29, 1.82) is 0 Å². The summed E-state index contributed by atoms with van der Waals surface area (Å²) in [5, 5.41) is 20.6. The second-order valence-electron chi connectivity index (χ2n) is 24.7. The van der Waals surface area contributed by atoms with Gasteiger partial charge in [-0.2, -0.15) is 0 Å². The van der Waals surface area contributed by atoms with Crippen LogP contribution in [0.25, 0.3) is 0 Å². The Labute approximate surface area is 611 Å². The summed E-state index contributed by atoms with van der Waals surface area (Å²) in [6, 6.07) is 0. The van der Waals surface area contributed by atoms with Crippen molar-refractivity contribution in [2.24, 2.45) is 0 Å². The molecule has 572 valence electrons. The second kappa shape index (κ2) is 74.4. The third kappa shape index (κ3) is 75.6. The molecule has 0 amide bonds. The molecule has 18 heteroatoms. The average Bonchev–Trinajstić information content (AvgIpc) is 0.961. The van der Waals surface area contributed by atoms with Crippen molar-refractivity contribution < 1.29 is 75.8 Å². The van der Waals surface area contributed by atoms with Crippen molar-refractivity contribution in [3.8, 4) is 0 Å². The molecule has 4 N–H and O–H groups in total. The Morgan fingerprint density at radius 2 is 0.535 bits per heavy atom. The van der Waals surface area contributed by atoms with Crippen LogP contribution in [0.15, 0.2) is 182 Å². The summed E-state index contributed by atoms with van der Waals surface area (Å²) >= 11 is 0. The van der Waals surface area contributed by atoms with E-state index in [1.54, 1.807) is 0 Å². The van der Waals surface area contributed by atoms with Crippen LogP contribution in [0.4, 0.5) is 0 Å². The van der Waals surface area contributed by atoms with E-state index in [1.165, 1.54) is 64.2 Å². The lowest BCUT2D eigenvalue weighted by atomic mass is 10.0. The number of rotatable bonds is 70. The number of hydrogen-bond acceptors (Lipinski definition) is 14. The van der Waals surface area contributed by atoms with E-state index in [2.05, 4.69) is 191 Å². The molecule has 0 aliphatic heterocycles. The number of hydrogen-bond donors (Lipinski definition) is 4. The molecule has 0 rings (SSSR count). The van der Waals surface area contributed by atoms with Crippen molar-refractivity contribution in [2.45, 2.75) is 283 Å². The van der Waals surface area contributed by atoms with E-state index in [1.807, 2.05) is 12.2 Å². The predicted octanol–water partition coefficient (Wildman–Crippen LogP) is 22.2. The lowest BCUT2D eigenvalue weighted by molar-refractivity contribution is -0.161. The first kappa shape index (κ1) is 95.6. The van der Waals surface area contributed by atoms with Gasteiger partial charge in [-0.15, -0.1) is 0 Å². The quantitative estimate of drug-likeness (QED) is 0.0146. The predicted molar refractivity (Wildman–Crippen MR) is 417 cm³/mol. The van der Waals surface area contributed by atoms with Gasteiger partial charge in [-0.1, -0.05) is 274 Å². The van der Waals surface area contributed by atoms with E-state index in [9.17, 15) is 43.5 Å². The van der Waals surface area contributed by atoms with Gasteiger partial charge >= 0.3 is 33.6 Å². The lowest BCUT2D eigenvalue weighted by Gasteiger charge is -2.21. The highest BCUT2D eigenvalue weighted by Crippen LogP contribution is 2.45. The number of esters is 3. The molecule has 0 heterocycles. The third-order valence-corrected chi connectivity index (χ3v) is 17.0. The van der Waals surface area contributed by atoms with Crippen LogP contribution in [0.3, 0.4) is 0 Å². The fraction of sp³-hybridized carbons (Fsp3) is 0.602.